The summed E-state index contributed by atoms with van der Waals surface area (Å²) in [7, 11) is 1.60. The first kappa shape index (κ1) is 14.5. The van der Waals surface area contributed by atoms with Crippen LogP contribution in [-0.2, 0) is 0 Å². The first-order valence-corrected chi connectivity index (χ1v) is 6.21. The van der Waals surface area contributed by atoms with Crippen LogP contribution in [0, 0.1) is 0 Å². The predicted octanol–water partition coefficient (Wildman–Crippen LogP) is 1.94. The molecule has 1 atom stereocenters. The Morgan fingerprint density at radius 1 is 1.39 bits per heavy atom. The van der Waals surface area contributed by atoms with Crippen molar-refractivity contribution in [3.63, 3.8) is 0 Å². The van der Waals surface area contributed by atoms with Crippen molar-refractivity contribution >= 4 is 5.91 Å². The quantitative estimate of drug-likeness (QED) is 0.811. The Morgan fingerprint density at radius 3 is 2.44 bits per heavy atom. The zero-order chi connectivity index (χ0) is 13.6. The third-order valence-corrected chi connectivity index (χ3v) is 3.24. The van der Waals surface area contributed by atoms with E-state index in [4.69, 9.17) is 10.5 Å². The summed E-state index contributed by atoms with van der Waals surface area (Å²) in [5.41, 5.74) is 5.96. The molecule has 0 fully saturated rings. The van der Waals surface area contributed by atoms with Gasteiger partial charge in [-0.1, -0.05) is 6.92 Å². The van der Waals surface area contributed by atoms with E-state index in [1.807, 2.05) is 13.8 Å². The maximum absolute atomic E-state index is 12.1. The topological polar surface area (TPSA) is 64.3 Å². The SMILES string of the molecule is CCC(C)(CCN)NC(=O)c1ccc(OC)cc1. The Bertz CT molecular complexity index is 389. The Kier molecular flexibility index (Phi) is 5.16. The van der Waals surface area contributed by atoms with Crippen molar-refractivity contribution in [3.05, 3.63) is 29.8 Å². The molecule has 0 saturated carbocycles. The fraction of sp³-hybridized carbons (Fsp3) is 0.500. The molecule has 0 radical (unpaired) electrons. The van der Waals surface area contributed by atoms with Crippen molar-refractivity contribution in [1.29, 1.82) is 0 Å². The van der Waals surface area contributed by atoms with Gasteiger partial charge in [-0.2, -0.15) is 0 Å². The van der Waals surface area contributed by atoms with Crippen molar-refractivity contribution in [3.8, 4) is 5.75 Å². The number of nitrogens with one attached hydrogen (secondary N) is 1. The van der Waals surface area contributed by atoms with E-state index in [-0.39, 0.29) is 11.4 Å². The van der Waals surface area contributed by atoms with Crippen LogP contribution >= 0.6 is 0 Å². The number of ether oxygens (including phenoxy) is 1. The molecule has 0 aromatic heterocycles. The number of rotatable bonds is 6. The van der Waals surface area contributed by atoms with Gasteiger partial charge < -0.3 is 15.8 Å². The Balaban J connectivity index is 2.74. The van der Waals surface area contributed by atoms with Gasteiger partial charge in [0.15, 0.2) is 0 Å². The van der Waals surface area contributed by atoms with Crippen molar-refractivity contribution < 1.29 is 9.53 Å². The van der Waals surface area contributed by atoms with E-state index in [1.54, 1.807) is 31.4 Å². The molecule has 100 valence electrons. The second-order valence-corrected chi connectivity index (χ2v) is 4.64. The lowest BCUT2D eigenvalue weighted by atomic mass is 9.94. The van der Waals surface area contributed by atoms with Crippen LogP contribution in [0.5, 0.6) is 5.75 Å². The molecular weight excluding hydrogens is 228 g/mol. The standard InChI is InChI=1S/C14H22N2O2/c1-4-14(2,9-10-15)16-13(17)11-5-7-12(18-3)8-6-11/h5-8H,4,9-10,15H2,1-3H3,(H,16,17). The number of benzene rings is 1. The number of methoxy groups -OCH3 is 1. The van der Waals surface area contributed by atoms with Crippen molar-refractivity contribution in [2.24, 2.45) is 5.73 Å². The minimum atomic E-state index is -0.244. The third kappa shape index (κ3) is 3.74. The predicted molar refractivity (Wildman–Crippen MR) is 72.8 cm³/mol. The van der Waals surface area contributed by atoms with Gasteiger partial charge in [-0.15, -0.1) is 0 Å². The van der Waals surface area contributed by atoms with E-state index in [9.17, 15) is 4.79 Å². The fourth-order valence-corrected chi connectivity index (χ4v) is 1.73. The molecule has 1 rings (SSSR count). The summed E-state index contributed by atoms with van der Waals surface area (Å²) in [6, 6.07) is 7.07. The summed E-state index contributed by atoms with van der Waals surface area (Å²) >= 11 is 0. The first-order valence-electron chi connectivity index (χ1n) is 6.21. The van der Waals surface area contributed by atoms with E-state index in [1.165, 1.54) is 0 Å². The van der Waals surface area contributed by atoms with E-state index >= 15 is 0 Å². The van der Waals surface area contributed by atoms with E-state index in [2.05, 4.69) is 5.32 Å². The average Bonchev–Trinajstić information content (AvgIpc) is 2.39. The van der Waals surface area contributed by atoms with Gasteiger partial charge in [0.25, 0.3) is 5.91 Å². The highest BCUT2D eigenvalue weighted by molar-refractivity contribution is 5.94. The van der Waals surface area contributed by atoms with Crippen LogP contribution in [0.3, 0.4) is 0 Å². The zero-order valence-corrected chi connectivity index (χ0v) is 11.3. The summed E-state index contributed by atoms with van der Waals surface area (Å²) in [6.07, 6.45) is 1.62. The molecule has 0 bridgehead atoms. The second-order valence-electron chi connectivity index (χ2n) is 4.64. The summed E-state index contributed by atoms with van der Waals surface area (Å²) in [6.45, 7) is 4.62. The fourth-order valence-electron chi connectivity index (χ4n) is 1.73. The Hall–Kier alpha value is -1.55. The maximum Gasteiger partial charge on any atom is 0.251 e. The molecule has 18 heavy (non-hydrogen) atoms. The van der Waals surface area contributed by atoms with Crippen LogP contribution in [0.15, 0.2) is 24.3 Å². The van der Waals surface area contributed by atoms with Crippen molar-refractivity contribution in [1.82, 2.24) is 5.32 Å². The lowest BCUT2D eigenvalue weighted by molar-refractivity contribution is 0.0900. The first-order chi connectivity index (χ1) is 8.54. The van der Waals surface area contributed by atoms with Gasteiger partial charge >= 0.3 is 0 Å². The summed E-state index contributed by atoms with van der Waals surface area (Å²) in [5.74, 6) is 0.669. The van der Waals surface area contributed by atoms with Gasteiger partial charge in [-0.3, -0.25) is 4.79 Å². The van der Waals surface area contributed by atoms with Gasteiger partial charge in [0.2, 0.25) is 0 Å². The molecule has 4 nitrogen and oxygen atoms in total. The van der Waals surface area contributed by atoms with Crippen LogP contribution in [0.2, 0.25) is 0 Å². The summed E-state index contributed by atoms with van der Waals surface area (Å²) in [4.78, 5) is 12.1. The highest BCUT2D eigenvalue weighted by Crippen LogP contribution is 2.16. The van der Waals surface area contributed by atoms with Crippen LogP contribution in [0.4, 0.5) is 0 Å². The largest absolute Gasteiger partial charge is 0.497 e. The number of nitrogens with two attached hydrogens (primary N) is 1. The number of carbonyl (C=O) groups is 1. The summed E-state index contributed by atoms with van der Waals surface area (Å²) < 4.78 is 5.06. The van der Waals surface area contributed by atoms with Crippen LogP contribution in [-0.4, -0.2) is 25.1 Å². The number of hydrogen-bond donors (Lipinski definition) is 2. The van der Waals surface area contributed by atoms with Gasteiger partial charge in [-0.05, 0) is 50.6 Å². The smallest absolute Gasteiger partial charge is 0.251 e. The molecule has 1 aromatic carbocycles. The monoisotopic (exact) mass is 250 g/mol. The molecule has 4 heteroatoms. The second kappa shape index (κ2) is 6.40. The van der Waals surface area contributed by atoms with Crippen LogP contribution in [0.1, 0.15) is 37.0 Å². The number of amides is 1. The molecule has 1 unspecified atom stereocenters. The molecule has 0 aliphatic rings. The van der Waals surface area contributed by atoms with E-state index in [0.29, 0.717) is 12.1 Å². The van der Waals surface area contributed by atoms with Crippen molar-refractivity contribution in [2.45, 2.75) is 32.2 Å². The highest BCUT2D eigenvalue weighted by Gasteiger charge is 2.23. The highest BCUT2D eigenvalue weighted by atomic mass is 16.5. The minimum absolute atomic E-state index is 0.0737. The molecule has 0 spiro atoms. The van der Waals surface area contributed by atoms with Gasteiger partial charge in [0.1, 0.15) is 5.75 Å². The van der Waals surface area contributed by atoms with E-state index < -0.39 is 0 Å². The molecule has 0 heterocycles. The van der Waals surface area contributed by atoms with E-state index in [0.717, 1.165) is 18.6 Å². The van der Waals surface area contributed by atoms with Gasteiger partial charge in [0, 0.05) is 11.1 Å². The zero-order valence-electron chi connectivity index (χ0n) is 11.3. The lowest BCUT2D eigenvalue weighted by Crippen LogP contribution is -2.46. The van der Waals surface area contributed by atoms with Crippen LogP contribution in [0.25, 0.3) is 0 Å². The average molecular weight is 250 g/mol. The maximum atomic E-state index is 12.1. The van der Waals surface area contributed by atoms with Gasteiger partial charge in [0.05, 0.1) is 7.11 Å². The Labute approximate surface area is 109 Å². The molecule has 0 aliphatic carbocycles. The number of carbonyl (C=O) groups excluding carboxylic acids is 1. The molecule has 0 aliphatic heterocycles. The molecular formula is C14H22N2O2. The van der Waals surface area contributed by atoms with Crippen molar-refractivity contribution in [2.75, 3.05) is 13.7 Å². The third-order valence-electron chi connectivity index (χ3n) is 3.24. The van der Waals surface area contributed by atoms with Gasteiger partial charge in [-0.25, -0.2) is 0 Å². The normalized spacial score (nSPS) is 13.8. The molecule has 1 amide bonds. The Morgan fingerprint density at radius 2 is 2.00 bits per heavy atom. The lowest BCUT2D eigenvalue weighted by Gasteiger charge is -2.29. The molecule has 1 aromatic rings. The minimum Gasteiger partial charge on any atom is -0.497 e. The summed E-state index contributed by atoms with van der Waals surface area (Å²) in [5, 5.41) is 3.04. The molecule has 3 N–H and O–H groups in total. The number of hydrogen-bond acceptors (Lipinski definition) is 3. The van der Waals surface area contributed by atoms with Crippen LogP contribution < -0.4 is 15.8 Å². The molecule has 0 saturated heterocycles.